The predicted molar refractivity (Wildman–Crippen MR) is 82.2 cm³/mol. The Hall–Kier alpha value is -2.36. The molecule has 21 heavy (non-hydrogen) atoms. The largest absolute Gasteiger partial charge is 0.462 e. The van der Waals surface area contributed by atoms with E-state index >= 15 is 0 Å². The van der Waals surface area contributed by atoms with E-state index in [-0.39, 0.29) is 5.56 Å². The number of carbonyl (C=O) groups excluding carboxylic acids is 1. The van der Waals surface area contributed by atoms with Gasteiger partial charge in [0.2, 0.25) is 0 Å². The second-order valence-electron chi connectivity index (χ2n) is 5.02. The van der Waals surface area contributed by atoms with Gasteiger partial charge in [0.1, 0.15) is 0 Å². The molecule has 110 valence electrons. The lowest BCUT2D eigenvalue weighted by Gasteiger charge is -2.16. The van der Waals surface area contributed by atoms with Crippen LogP contribution in [0.25, 0.3) is 5.69 Å². The third-order valence-electron chi connectivity index (χ3n) is 3.39. The van der Waals surface area contributed by atoms with Gasteiger partial charge in [-0.25, -0.2) is 4.79 Å². The summed E-state index contributed by atoms with van der Waals surface area (Å²) in [6.07, 6.45) is 0. The fourth-order valence-corrected chi connectivity index (χ4v) is 2.48. The molecule has 0 aliphatic rings. The predicted octanol–water partition coefficient (Wildman–Crippen LogP) is 2.94. The van der Waals surface area contributed by atoms with Crippen LogP contribution in [0.2, 0.25) is 0 Å². The highest BCUT2D eigenvalue weighted by Crippen LogP contribution is 2.17. The first-order chi connectivity index (χ1) is 9.95. The number of pyridine rings is 1. The van der Waals surface area contributed by atoms with Gasteiger partial charge in [-0.1, -0.05) is 12.1 Å². The quantitative estimate of drug-likeness (QED) is 0.815. The SMILES string of the molecule is CCOC(=O)c1c(C)cc(=O)n(-c2cccc(C)c2)c1C. The Labute approximate surface area is 124 Å². The highest BCUT2D eigenvalue weighted by Gasteiger charge is 2.18. The Morgan fingerprint density at radius 3 is 2.52 bits per heavy atom. The molecule has 0 spiro atoms. The molecule has 0 radical (unpaired) electrons. The van der Waals surface area contributed by atoms with E-state index in [0.717, 1.165) is 11.3 Å². The van der Waals surface area contributed by atoms with Crippen LogP contribution in [0.4, 0.5) is 0 Å². The fraction of sp³-hybridized carbons (Fsp3) is 0.294. The van der Waals surface area contributed by atoms with Crippen LogP contribution in [-0.2, 0) is 4.74 Å². The van der Waals surface area contributed by atoms with Crippen LogP contribution in [0, 0.1) is 20.8 Å². The van der Waals surface area contributed by atoms with E-state index in [1.807, 2.05) is 31.2 Å². The van der Waals surface area contributed by atoms with Crippen molar-refractivity contribution in [2.75, 3.05) is 6.61 Å². The first kappa shape index (κ1) is 15.0. The monoisotopic (exact) mass is 285 g/mol. The smallest absolute Gasteiger partial charge is 0.340 e. The van der Waals surface area contributed by atoms with E-state index in [9.17, 15) is 9.59 Å². The topological polar surface area (TPSA) is 48.3 Å². The summed E-state index contributed by atoms with van der Waals surface area (Å²) >= 11 is 0. The summed E-state index contributed by atoms with van der Waals surface area (Å²) in [6.45, 7) is 7.55. The molecule has 0 fully saturated rings. The molecule has 0 unspecified atom stereocenters. The lowest BCUT2D eigenvalue weighted by Crippen LogP contribution is -2.24. The van der Waals surface area contributed by atoms with Crippen molar-refractivity contribution in [2.24, 2.45) is 0 Å². The maximum atomic E-state index is 12.3. The summed E-state index contributed by atoms with van der Waals surface area (Å²) in [6, 6.07) is 9.09. The van der Waals surface area contributed by atoms with Gasteiger partial charge in [-0.15, -0.1) is 0 Å². The second kappa shape index (κ2) is 5.95. The maximum absolute atomic E-state index is 12.3. The molecule has 0 bridgehead atoms. The third-order valence-corrected chi connectivity index (χ3v) is 3.39. The molecule has 0 aliphatic heterocycles. The van der Waals surface area contributed by atoms with Crippen molar-refractivity contribution >= 4 is 5.97 Å². The molecule has 4 heteroatoms. The Kier molecular flexibility index (Phi) is 4.26. The van der Waals surface area contributed by atoms with Crippen molar-refractivity contribution in [1.82, 2.24) is 4.57 Å². The molecule has 0 aliphatic carbocycles. The Morgan fingerprint density at radius 1 is 1.19 bits per heavy atom. The number of rotatable bonds is 3. The molecule has 1 aromatic heterocycles. The van der Waals surface area contributed by atoms with Crippen molar-refractivity contribution in [3.8, 4) is 5.69 Å². The van der Waals surface area contributed by atoms with E-state index in [2.05, 4.69) is 0 Å². The zero-order chi connectivity index (χ0) is 15.6. The van der Waals surface area contributed by atoms with Gasteiger partial charge in [0.15, 0.2) is 0 Å². The number of ether oxygens (including phenoxy) is 1. The van der Waals surface area contributed by atoms with Crippen molar-refractivity contribution < 1.29 is 9.53 Å². The molecule has 0 saturated carbocycles. The van der Waals surface area contributed by atoms with Gasteiger partial charge in [-0.3, -0.25) is 9.36 Å². The Balaban J connectivity index is 2.70. The zero-order valence-corrected chi connectivity index (χ0v) is 12.8. The molecule has 1 aromatic carbocycles. The number of hydrogen-bond donors (Lipinski definition) is 0. The van der Waals surface area contributed by atoms with Gasteiger partial charge in [0.05, 0.1) is 12.2 Å². The van der Waals surface area contributed by atoms with Crippen molar-refractivity contribution in [1.29, 1.82) is 0 Å². The van der Waals surface area contributed by atoms with Gasteiger partial charge in [-0.05, 0) is 51.0 Å². The van der Waals surface area contributed by atoms with Crippen LogP contribution >= 0.6 is 0 Å². The summed E-state index contributed by atoms with van der Waals surface area (Å²) in [4.78, 5) is 24.4. The summed E-state index contributed by atoms with van der Waals surface area (Å²) in [5, 5.41) is 0. The molecular weight excluding hydrogens is 266 g/mol. The highest BCUT2D eigenvalue weighted by molar-refractivity contribution is 5.92. The minimum absolute atomic E-state index is 0.149. The lowest BCUT2D eigenvalue weighted by molar-refractivity contribution is 0.0523. The average molecular weight is 285 g/mol. The van der Waals surface area contributed by atoms with Gasteiger partial charge in [0.25, 0.3) is 5.56 Å². The molecule has 0 amide bonds. The Bertz CT molecular complexity index is 744. The van der Waals surface area contributed by atoms with Crippen molar-refractivity contribution in [3.05, 3.63) is 63.1 Å². The number of carbonyl (C=O) groups is 1. The number of hydrogen-bond acceptors (Lipinski definition) is 3. The number of benzene rings is 1. The Morgan fingerprint density at radius 2 is 1.90 bits per heavy atom. The number of aromatic nitrogens is 1. The second-order valence-corrected chi connectivity index (χ2v) is 5.02. The molecular formula is C17H19NO3. The summed E-state index contributed by atoms with van der Waals surface area (Å²) in [5.41, 5.74) is 3.35. The molecule has 0 atom stereocenters. The molecule has 0 saturated heterocycles. The van der Waals surface area contributed by atoms with Crippen LogP contribution in [0.5, 0.6) is 0 Å². The molecule has 2 aromatic rings. The normalized spacial score (nSPS) is 10.5. The van der Waals surface area contributed by atoms with E-state index in [4.69, 9.17) is 4.74 Å². The van der Waals surface area contributed by atoms with Crippen LogP contribution in [-0.4, -0.2) is 17.1 Å². The first-order valence-electron chi connectivity index (χ1n) is 6.93. The minimum atomic E-state index is -0.395. The zero-order valence-electron chi connectivity index (χ0n) is 12.8. The molecule has 2 rings (SSSR count). The van der Waals surface area contributed by atoms with E-state index in [1.165, 1.54) is 6.07 Å². The standard InChI is InChI=1S/C17H19NO3/c1-5-21-17(20)16-12(3)10-15(19)18(13(16)4)14-8-6-7-11(2)9-14/h6-10H,5H2,1-4H3. The lowest BCUT2D eigenvalue weighted by atomic mass is 10.1. The van der Waals surface area contributed by atoms with E-state index in [0.29, 0.717) is 23.4 Å². The fourth-order valence-electron chi connectivity index (χ4n) is 2.48. The van der Waals surface area contributed by atoms with Gasteiger partial charge in [0, 0.05) is 17.4 Å². The van der Waals surface area contributed by atoms with Crippen LogP contribution in [0.3, 0.4) is 0 Å². The van der Waals surface area contributed by atoms with Gasteiger partial charge in [-0.2, -0.15) is 0 Å². The molecule has 4 nitrogen and oxygen atoms in total. The van der Waals surface area contributed by atoms with E-state index < -0.39 is 5.97 Å². The van der Waals surface area contributed by atoms with Gasteiger partial charge < -0.3 is 4.74 Å². The van der Waals surface area contributed by atoms with E-state index in [1.54, 1.807) is 25.3 Å². The number of aryl methyl sites for hydroxylation is 2. The summed E-state index contributed by atoms with van der Waals surface area (Å²) < 4.78 is 6.64. The number of nitrogens with zero attached hydrogens (tertiary/aromatic N) is 1. The minimum Gasteiger partial charge on any atom is -0.462 e. The highest BCUT2D eigenvalue weighted by atomic mass is 16.5. The first-order valence-corrected chi connectivity index (χ1v) is 6.93. The van der Waals surface area contributed by atoms with Crippen LogP contribution in [0.1, 0.15) is 34.1 Å². The maximum Gasteiger partial charge on any atom is 0.340 e. The van der Waals surface area contributed by atoms with Crippen molar-refractivity contribution in [3.63, 3.8) is 0 Å². The summed E-state index contributed by atoms with van der Waals surface area (Å²) in [7, 11) is 0. The van der Waals surface area contributed by atoms with Crippen LogP contribution in [0.15, 0.2) is 35.1 Å². The summed E-state index contributed by atoms with van der Waals surface area (Å²) in [5.74, 6) is -0.395. The van der Waals surface area contributed by atoms with Gasteiger partial charge >= 0.3 is 5.97 Å². The third kappa shape index (κ3) is 2.89. The number of esters is 1. The molecule has 0 N–H and O–H groups in total. The van der Waals surface area contributed by atoms with Crippen LogP contribution < -0.4 is 5.56 Å². The van der Waals surface area contributed by atoms with Crippen molar-refractivity contribution in [2.45, 2.75) is 27.7 Å². The average Bonchev–Trinajstić information content (AvgIpc) is 2.38. The molecule has 1 heterocycles.